The molecule has 1 amide bonds. The predicted octanol–water partition coefficient (Wildman–Crippen LogP) is 2.16. The lowest BCUT2D eigenvalue weighted by molar-refractivity contribution is 0.0692. The highest BCUT2D eigenvalue weighted by Crippen LogP contribution is 2.24. The number of hydrogen-bond acceptors (Lipinski definition) is 2. The smallest absolute Gasteiger partial charge is 0.478 e. The number of quaternary nitrogens is 1. The normalized spacial score (nSPS) is 14.1. The SMILES string of the molecule is CC[N+](C)(C(=O)O)c1ccc(C(=O)O)c(F)c1. The van der Waals surface area contributed by atoms with Gasteiger partial charge < -0.3 is 10.2 Å². The lowest BCUT2D eigenvalue weighted by Gasteiger charge is -2.26. The Hall–Kier alpha value is -1.95. The van der Waals surface area contributed by atoms with Crippen molar-refractivity contribution in [3.05, 3.63) is 29.6 Å². The molecule has 2 N–H and O–H groups in total. The van der Waals surface area contributed by atoms with Gasteiger partial charge in [-0.2, -0.15) is 9.28 Å². The van der Waals surface area contributed by atoms with Gasteiger partial charge in [-0.3, -0.25) is 0 Å². The minimum Gasteiger partial charge on any atom is -0.478 e. The van der Waals surface area contributed by atoms with Gasteiger partial charge in [0.15, 0.2) is 0 Å². The predicted molar refractivity (Wildman–Crippen MR) is 59.6 cm³/mol. The zero-order valence-corrected chi connectivity index (χ0v) is 9.48. The summed E-state index contributed by atoms with van der Waals surface area (Å²) in [7, 11) is 1.41. The lowest BCUT2D eigenvalue weighted by atomic mass is 10.1. The second kappa shape index (κ2) is 4.50. The fourth-order valence-electron chi connectivity index (χ4n) is 1.41. The van der Waals surface area contributed by atoms with E-state index in [0.29, 0.717) is 0 Å². The van der Waals surface area contributed by atoms with Crippen LogP contribution in [0.1, 0.15) is 17.3 Å². The van der Waals surface area contributed by atoms with Gasteiger partial charge in [-0.15, -0.1) is 0 Å². The molecular weight excluding hydrogens is 229 g/mol. The van der Waals surface area contributed by atoms with E-state index in [2.05, 4.69) is 0 Å². The maximum Gasteiger partial charge on any atom is 0.518 e. The Morgan fingerprint density at radius 1 is 1.35 bits per heavy atom. The van der Waals surface area contributed by atoms with Gasteiger partial charge in [0, 0.05) is 12.1 Å². The molecule has 1 aromatic carbocycles. The first-order valence-corrected chi connectivity index (χ1v) is 4.95. The summed E-state index contributed by atoms with van der Waals surface area (Å²) in [6.45, 7) is 1.87. The third kappa shape index (κ3) is 2.26. The van der Waals surface area contributed by atoms with Crippen molar-refractivity contribution in [2.24, 2.45) is 0 Å². The standard InChI is InChI=1S/C11H12FNO4/c1-3-13(2,11(16)17)7-4-5-8(10(14)15)9(12)6-7/h4-6H,3H2,1-2H3,(H-,14,15,16,17)/p+1. The summed E-state index contributed by atoms with van der Waals surface area (Å²) in [5.41, 5.74) is -0.274. The van der Waals surface area contributed by atoms with Crippen LogP contribution in [0.3, 0.4) is 0 Å². The van der Waals surface area contributed by atoms with E-state index in [4.69, 9.17) is 10.2 Å². The van der Waals surface area contributed by atoms with Crippen LogP contribution < -0.4 is 4.48 Å². The zero-order valence-electron chi connectivity index (χ0n) is 9.48. The quantitative estimate of drug-likeness (QED) is 0.796. The third-order valence-electron chi connectivity index (χ3n) is 2.81. The average Bonchev–Trinajstić information content (AvgIpc) is 2.26. The van der Waals surface area contributed by atoms with Gasteiger partial charge in [-0.25, -0.2) is 9.18 Å². The summed E-state index contributed by atoms with van der Waals surface area (Å²) < 4.78 is 12.9. The fourth-order valence-corrected chi connectivity index (χ4v) is 1.41. The van der Waals surface area contributed by atoms with Crippen LogP contribution in [0.25, 0.3) is 0 Å². The maximum atomic E-state index is 13.4. The van der Waals surface area contributed by atoms with Crippen molar-refractivity contribution in [2.45, 2.75) is 6.92 Å². The minimum atomic E-state index is -1.38. The van der Waals surface area contributed by atoms with Crippen LogP contribution >= 0.6 is 0 Å². The van der Waals surface area contributed by atoms with E-state index < -0.39 is 27.9 Å². The Labute approximate surface area is 97.3 Å². The van der Waals surface area contributed by atoms with Crippen molar-refractivity contribution in [1.82, 2.24) is 4.48 Å². The Bertz CT molecular complexity index is 475. The molecule has 92 valence electrons. The van der Waals surface area contributed by atoms with Crippen LogP contribution in [-0.4, -0.2) is 35.9 Å². The van der Waals surface area contributed by atoms with E-state index in [0.717, 1.165) is 12.1 Å². The summed E-state index contributed by atoms with van der Waals surface area (Å²) in [6, 6.07) is 3.33. The van der Waals surface area contributed by atoms with Gasteiger partial charge in [0.1, 0.15) is 11.5 Å². The summed E-state index contributed by atoms with van der Waals surface area (Å²) in [5.74, 6) is -2.32. The molecule has 1 aromatic rings. The van der Waals surface area contributed by atoms with Gasteiger partial charge in [-0.1, -0.05) is 0 Å². The van der Waals surface area contributed by atoms with Gasteiger partial charge in [0.05, 0.1) is 19.2 Å². The molecule has 0 spiro atoms. The van der Waals surface area contributed by atoms with E-state index in [1.54, 1.807) is 6.92 Å². The molecule has 0 aromatic heterocycles. The monoisotopic (exact) mass is 242 g/mol. The molecule has 17 heavy (non-hydrogen) atoms. The summed E-state index contributed by atoms with van der Waals surface area (Å²) in [5, 5.41) is 17.8. The molecule has 0 bridgehead atoms. The van der Waals surface area contributed by atoms with E-state index in [-0.39, 0.29) is 12.2 Å². The Kier molecular flexibility index (Phi) is 3.47. The molecule has 0 aliphatic heterocycles. The number of carboxylic acids is 1. The molecule has 1 rings (SSSR count). The molecule has 0 saturated carbocycles. The van der Waals surface area contributed by atoms with E-state index >= 15 is 0 Å². The molecule has 5 nitrogen and oxygen atoms in total. The number of rotatable bonds is 3. The molecule has 0 aliphatic rings. The van der Waals surface area contributed by atoms with E-state index in [1.165, 1.54) is 13.1 Å². The Balaban J connectivity index is 3.30. The first-order chi connectivity index (χ1) is 7.82. The number of hydrogen-bond donors (Lipinski definition) is 2. The van der Waals surface area contributed by atoms with Crippen molar-refractivity contribution < 1.29 is 24.2 Å². The average molecular weight is 242 g/mol. The molecule has 0 saturated heterocycles. The minimum absolute atomic E-state index is 0.197. The number of nitrogens with zero attached hydrogens (tertiary/aromatic N) is 1. The van der Waals surface area contributed by atoms with Crippen LogP contribution in [0.2, 0.25) is 0 Å². The summed E-state index contributed by atoms with van der Waals surface area (Å²) >= 11 is 0. The second-order valence-corrected chi connectivity index (χ2v) is 3.76. The van der Waals surface area contributed by atoms with E-state index in [9.17, 15) is 14.0 Å². The number of halogens is 1. The van der Waals surface area contributed by atoms with E-state index in [1.807, 2.05) is 0 Å². The molecule has 0 fully saturated rings. The largest absolute Gasteiger partial charge is 0.518 e. The topological polar surface area (TPSA) is 74.6 Å². The molecule has 1 atom stereocenters. The number of amides is 1. The number of aromatic carboxylic acids is 1. The van der Waals surface area contributed by atoms with Crippen molar-refractivity contribution in [3.8, 4) is 0 Å². The zero-order chi connectivity index (χ0) is 13.2. The molecule has 0 heterocycles. The van der Waals surface area contributed by atoms with Crippen molar-refractivity contribution in [3.63, 3.8) is 0 Å². The second-order valence-electron chi connectivity index (χ2n) is 3.76. The number of carboxylic acid groups (broad SMARTS) is 2. The third-order valence-corrected chi connectivity index (χ3v) is 2.81. The Morgan fingerprint density at radius 2 is 1.94 bits per heavy atom. The lowest BCUT2D eigenvalue weighted by Crippen LogP contribution is -2.49. The molecular formula is C11H13FNO4+. The summed E-state index contributed by atoms with van der Waals surface area (Å²) in [4.78, 5) is 21.7. The van der Waals surface area contributed by atoms with Crippen molar-refractivity contribution >= 4 is 17.7 Å². The van der Waals surface area contributed by atoms with Gasteiger partial charge >= 0.3 is 12.1 Å². The highest BCUT2D eigenvalue weighted by Gasteiger charge is 2.33. The van der Waals surface area contributed by atoms with Gasteiger partial charge in [-0.05, 0) is 13.0 Å². The highest BCUT2D eigenvalue weighted by molar-refractivity contribution is 5.89. The molecule has 0 radical (unpaired) electrons. The van der Waals surface area contributed by atoms with Crippen LogP contribution in [-0.2, 0) is 0 Å². The molecule has 0 aliphatic carbocycles. The fraction of sp³-hybridized carbons (Fsp3) is 0.273. The molecule has 6 heteroatoms. The maximum absolute atomic E-state index is 13.4. The number of carbonyl (C=O) groups is 2. The van der Waals surface area contributed by atoms with Crippen LogP contribution in [0.4, 0.5) is 14.9 Å². The van der Waals surface area contributed by atoms with Crippen LogP contribution in [0.15, 0.2) is 18.2 Å². The van der Waals surface area contributed by atoms with Gasteiger partial charge in [0.25, 0.3) is 0 Å². The summed E-state index contributed by atoms with van der Waals surface area (Å²) in [6.07, 6.45) is -1.13. The first kappa shape index (κ1) is 13.1. The molecule has 1 unspecified atom stereocenters. The first-order valence-electron chi connectivity index (χ1n) is 4.95. The number of benzene rings is 1. The highest BCUT2D eigenvalue weighted by atomic mass is 19.1. The van der Waals surface area contributed by atoms with Crippen LogP contribution in [0.5, 0.6) is 0 Å². The van der Waals surface area contributed by atoms with Crippen LogP contribution in [0, 0.1) is 5.82 Å². The van der Waals surface area contributed by atoms with Gasteiger partial charge in [0.2, 0.25) is 0 Å². The van der Waals surface area contributed by atoms with Crippen molar-refractivity contribution in [2.75, 3.05) is 13.6 Å². The van der Waals surface area contributed by atoms with Crippen molar-refractivity contribution in [1.29, 1.82) is 0 Å². The Morgan fingerprint density at radius 3 is 2.29 bits per heavy atom.